The molecule has 3 heterocycles. The standard InChI is InChI=1S/C17H14Cl2F3N7O2S/c1-6(28-15(31)12-11(19)13(23)27-5-26-12)16-25-4-9(32-16)14(30)29-10-2-7(17(20,21)22)8(18)3-24-10/h2-6,16,25H,1H3,(H,28,31)(H2,23,26,27)(H,24,29,30). The molecule has 2 unspecified atom stereocenters. The monoisotopic (exact) mass is 507 g/mol. The Morgan fingerprint density at radius 1 is 1.25 bits per heavy atom. The highest BCUT2D eigenvalue weighted by molar-refractivity contribution is 8.04. The molecule has 170 valence electrons. The lowest BCUT2D eigenvalue weighted by Crippen LogP contribution is -2.44. The van der Waals surface area contributed by atoms with Gasteiger partial charge in [0.15, 0.2) is 5.69 Å². The van der Waals surface area contributed by atoms with Gasteiger partial charge in [-0.2, -0.15) is 13.2 Å². The maximum Gasteiger partial charge on any atom is 0.418 e. The number of carbonyl (C=O) groups excluding carboxylic acids is 2. The van der Waals surface area contributed by atoms with E-state index in [1.165, 1.54) is 6.20 Å². The van der Waals surface area contributed by atoms with Crippen molar-refractivity contribution in [2.75, 3.05) is 11.1 Å². The molecule has 3 rings (SSSR count). The first kappa shape index (κ1) is 23.9. The van der Waals surface area contributed by atoms with Crippen LogP contribution in [0.5, 0.6) is 0 Å². The van der Waals surface area contributed by atoms with Gasteiger partial charge in [-0.3, -0.25) is 9.59 Å². The number of thioether (sulfide) groups is 1. The van der Waals surface area contributed by atoms with Crippen molar-refractivity contribution in [3.63, 3.8) is 0 Å². The predicted octanol–water partition coefficient (Wildman–Crippen LogP) is 3.04. The van der Waals surface area contributed by atoms with E-state index in [1.807, 2.05) is 0 Å². The molecule has 0 aliphatic carbocycles. The molecule has 2 aromatic heterocycles. The predicted molar refractivity (Wildman–Crippen MR) is 114 cm³/mol. The summed E-state index contributed by atoms with van der Waals surface area (Å²) in [6.07, 6.45) is -1.41. The second-order valence-corrected chi connectivity index (χ2v) is 8.37. The number of aromatic nitrogens is 3. The number of nitrogens with zero attached hydrogens (tertiary/aromatic N) is 3. The molecular formula is C17H14Cl2F3N7O2S. The summed E-state index contributed by atoms with van der Waals surface area (Å²) in [7, 11) is 0. The van der Waals surface area contributed by atoms with Crippen molar-refractivity contribution >= 4 is 58.4 Å². The van der Waals surface area contributed by atoms with Crippen LogP contribution < -0.4 is 21.7 Å². The first-order valence-corrected chi connectivity index (χ1v) is 10.3. The molecule has 1 aliphatic heterocycles. The number of alkyl halides is 3. The van der Waals surface area contributed by atoms with Gasteiger partial charge >= 0.3 is 6.18 Å². The van der Waals surface area contributed by atoms with Crippen molar-refractivity contribution in [3.8, 4) is 0 Å². The first-order valence-electron chi connectivity index (χ1n) is 8.71. The van der Waals surface area contributed by atoms with Gasteiger partial charge in [0.1, 0.15) is 23.0 Å². The van der Waals surface area contributed by atoms with E-state index in [2.05, 4.69) is 30.9 Å². The van der Waals surface area contributed by atoms with E-state index >= 15 is 0 Å². The first-order chi connectivity index (χ1) is 15.0. The maximum atomic E-state index is 13.0. The topological polar surface area (TPSA) is 135 Å². The summed E-state index contributed by atoms with van der Waals surface area (Å²) in [6, 6.07) is 0.137. The second kappa shape index (κ2) is 9.38. The van der Waals surface area contributed by atoms with Gasteiger partial charge in [-0.05, 0) is 13.0 Å². The minimum Gasteiger partial charge on any atom is -0.382 e. The number of carbonyl (C=O) groups is 2. The van der Waals surface area contributed by atoms with Crippen LogP contribution in [0.3, 0.4) is 0 Å². The highest BCUT2D eigenvalue weighted by Gasteiger charge is 2.34. The quantitative estimate of drug-likeness (QED) is 0.484. The van der Waals surface area contributed by atoms with Crippen molar-refractivity contribution in [1.29, 1.82) is 0 Å². The summed E-state index contributed by atoms with van der Waals surface area (Å²) in [5, 5.41) is 6.75. The molecular weight excluding hydrogens is 494 g/mol. The van der Waals surface area contributed by atoms with Crippen molar-refractivity contribution in [2.24, 2.45) is 0 Å². The fraction of sp³-hybridized carbons (Fsp3) is 0.235. The number of hydrogen-bond donors (Lipinski definition) is 4. The minimum atomic E-state index is -4.70. The van der Waals surface area contributed by atoms with Crippen LogP contribution in [0.15, 0.2) is 29.7 Å². The Bertz CT molecular complexity index is 1100. The molecule has 0 aromatic carbocycles. The molecule has 9 nitrogen and oxygen atoms in total. The number of anilines is 2. The zero-order valence-corrected chi connectivity index (χ0v) is 18.3. The van der Waals surface area contributed by atoms with Crippen molar-refractivity contribution < 1.29 is 22.8 Å². The Kier molecular flexibility index (Phi) is 7.00. The average Bonchev–Trinajstić information content (AvgIpc) is 3.21. The molecule has 1 aliphatic rings. The third-order valence-electron chi connectivity index (χ3n) is 4.10. The Morgan fingerprint density at radius 2 is 1.97 bits per heavy atom. The van der Waals surface area contributed by atoms with E-state index in [9.17, 15) is 22.8 Å². The van der Waals surface area contributed by atoms with Gasteiger partial charge in [0.2, 0.25) is 0 Å². The smallest absolute Gasteiger partial charge is 0.382 e. The Balaban J connectivity index is 1.60. The number of halogens is 5. The van der Waals surface area contributed by atoms with E-state index in [0.717, 1.165) is 24.3 Å². The van der Waals surface area contributed by atoms with Gasteiger partial charge in [-0.1, -0.05) is 35.0 Å². The molecule has 0 spiro atoms. The third-order valence-corrected chi connectivity index (χ3v) is 6.13. The molecule has 0 radical (unpaired) electrons. The summed E-state index contributed by atoms with van der Waals surface area (Å²) >= 11 is 12.5. The van der Waals surface area contributed by atoms with Crippen LogP contribution >= 0.6 is 35.0 Å². The zero-order valence-electron chi connectivity index (χ0n) is 16.0. The van der Waals surface area contributed by atoms with Crippen LogP contribution in [0.25, 0.3) is 0 Å². The Morgan fingerprint density at radius 3 is 2.66 bits per heavy atom. The van der Waals surface area contributed by atoms with Crippen LogP contribution in [0, 0.1) is 0 Å². The molecule has 2 atom stereocenters. The van der Waals surface area contributed by atoms with Crippen LogP contribution in [-0.4, -0.2) is 38.2 Å². The molecule has 2 amide bonds. The fourth-order valence-corrected chi connectivity index (χ4v) is 3.89. The summed E-state index contributed by atoms with van der Waals surface area (Å²) in [4.78, 5) is 36.2. The highest BCUT2D eigenvalue weighted by Crippen LogP contribution is 2.36. The average molecular weight is 508 g/mol. The lowest BCUT2D eigenvalue weighted by Gasteiger charge is -2.21. The second-order valence-electron chi connectivity index (χ2n) is 6.40. The zero-order chi connectivity index (χ0) is 23.6. The number of hydrogen-bond acceptors (Lipinski definition) is 8. The third kappa shape index (κ3) is 5.34. The lowest BCUT2D eigenvalue weighted by molar-refractivity contribution is -0.137. The summed E-state index contributed by atoms with van der Waals surface area (Å²) in [5.41, 5.74) is 4.34. The number of pyridine rings is 1. The molecule has 0 saturated carbocycles. The number of nitrogens with one attached hydrogen (secondary N) is 3. The van der Waals surface area contributed by atoms with Crippen molar-refractivity contribution in [1.82, 2.24) is 25.6 Å². The van der Waals surface area contributed by atoms with Crippen molar-refractivity contribution in [3.05, 3.63) is 51.0 Å². The Hall–Kier alpha value is -2.77. The Labute approximate surface area is 193 Å². The number of nitrogens with two attached hydrogens (primary N) is 1. The van der Waals surface area contributed by atoms with Crippen LogP contribution in [0.1, 0.15) is 23.0 Å². The van der Waals surface area contributed by atoms with E-state index in [0.29, 0.717) is 6.07 Å². The van der Waals surface area contributed by atoms with Gasteiger partial charge < -0.3 is 21.7 Å². The number of nitrogen functional groups attached to an aromatic ring is 1. The largest absolute Gasteiger partial charge is 0.418 e. The number of rotatable bonds is 5. The summed E-state index contributed by atoms with van der Waals surface area (Å²) in [5.74, 6) is -1.63. The fourth-order valence-electron chi connectivity index (χ4n) is 2.52. The molecule has 5 N–H and O–H groups in total. The summed E-state index contributed by atoms with van der Waals surface area (Å²) < 4.78 is 38.9. The molecule has 0 saturated heterocycles. The normalized spacial score (nSPS) is 16.7. The van der Waals surface area contributed by atoms with E-state index in [1.54, 1.807) is 6.92 Å². The van der Waals surface area contributed by atoms with Gasteiger partial charge in [0.05, 0.1) is 26.9 Å². The summed E-state index contributed by atoms with van der Waals surface area (Å²) in [6.45, 7) is 1.67. The van der Waals surface area contributed by atoms with Gasteiger partial charge in [0, 0.05) is 12.4 Å². The molecule has 2 aromatic rings. The molecule has 0 bridgehead atoms. The van der Waals surface area contributed by atoms with Crippen molar-refractivity contribution in [2.45, 2.75) is 24.5 Å². The molecule has 0 fully saturated rings. The van der Waals surface area contributed by atoms with Gasteiger partial charge in [-0.15, -0.1) is 0 Å². The van der Waals surface area contributed by atoms with E-state index in [4.69, 9.17) is 28.9 Å². The van der Waals surface area contributed by atoms with Gasteiger partial charge in [-0.25, -0.2) is 15.0 Å². The highest BCUT2D eigenvalue weighted by atomic mass is 35.5. The SMILES string of the molecule is CC(NC(=O)c1ncnc(N)c1Cl)C1NC=C(C(=O)Nc2cc(C(F)(F)F)c(Cl)cn2)S1. The lowest BCUT2D eigenvalue weighted by atomic mass is 10.2. The molecule has 32 heavy (non-hydrogen) atoms. The van der Waals surface area contributed by atoms with Crippen LogP contribution in [-0.2, 0) is 11.0 Å². The van der Waals surface area contributed by atoms with Gasteiger partial charge in [0.25, 0.3) is 11.8 Å². The van der Waals surface area contributed by atoms with E-state index in [-0.39, 0.29) is 27.3 Å². The minimum absolute atomic E-state index is 0.0436. The van der Waals surface area contributed by atoms with Crippen LogP contribution in [0.4, 0.5) is 24.8 Å². The maximum absolute atomic E-state index is 13.0. The van der Waals surface area contributed by atoms with E-state index < -0.39 is 40.0 Å². The van der Waals surface area contributed by atoms with Crippen LogP contribution in [0.2, 0.25) is 10.0 Å². The molecule has 15 heteroatoms. The number of amides is 2.